The van der Waals surface area contributed by atoms with Gasteiger partial charge in [-0.1, -0.05) is 19.8 Å². The third kappa shape index (κ3) is 3.60. The Morgan fingerprint density at radius 3 is 2.92 bits per heavy atom. The molecule has 1 rings (SSSR count). The summed E-state index contributed by atoms with van der Waals surface area (Å²) >= 11 is 0. The fraction of sp³-hybridized carbons (Fsp3) is 1.00. The van der Waals surface area contributed by atoms with Crippen molar-refractivity contribution in [1.29, 1.82) is 0 Å². The molecular weight excluding hydrogens is 168 g/mol. The van der Waals surface area contributed by atoms with Gasteiger partial charge < -0.3 is 9.47 Å². The van der Waals surface area contributed by atoms with Crippen LogP contribution >= 0.6 is 0 Å². The summed E-state index contributed by atoms with van der Waals surface area (Å²) in [5.41, 5.74) is 2.80. The Bertz CT molecular complexity index is 127. The van der Waals surface area contributed by atoms with Crippen molar-refractivity contribution >= 4 is 0 Å². The van der Waals surface area contributed by atoms with Crippen LogP contribution in [0.25, 0.3) is 0 Å². The first-order valence-corrected chi connectivity index (χ1v) is 5.04. The molecule has 4 nitrogen and oxygen atoms in total. The Hall–Kier alpha value is -0.160. The molecule has 0 aromatic rings. The maximum Gasteiger partial charge on any atom is 0.0975 e. The van der Waals surface area contributed by atoms with E-state index >= 15 is 0 Å². The number of hydrogen-bond donors (Lipinski definition) is 2. The molecule has 1 aliphatic heterocycles. The second kappa shape index (κ2) is 6.32. The maximum atomic E-state index is 5.56. The second-order valence-electron chi connectivity index (χ2n) is 3.40. The van der Waals surface area contributed by atoms with Gasteiger partial charge in [0.1, 0.15) is 0 Å². The molecule has 3 N–H and O–H groups in total. The topological polar surface area (TPSA) is 56.5 Å². The van der Waals surface area contributed by atoms with Crippen LogP contribution in [-0.4, -0.2) is 32.0 Å². The van der Waals surface area contributed by atoms with Crippen LogP contribution < -0.4 is 11.3 Å². The third-order valence-electron chi connectivity index (χ3n) is 2.37. The van der Waals surface area contributed by atoms with Gasteiger partial charge >= 0.3 is 0 Å². The number of ether oxygens (including phenoxy) is 2. The van der Waals surface area contributed by atoms with Crippen molar-refractivity contribution in [1.82, 2.24) is 5.43 Å². The van der Waals surface area contributed by atoms with Crippen LogP contribution in [-0.2, 0) is 9.47 Å². The summed E-state index contributed by atoms with van der Waals surface area (Å²) in [5.74, 6) is 5.46. The largest absolute Gasteiger partial charge is 0.376 e. The normalized spacial score (nSPS) is 25.8. The number of rotatable bonds is 5. The summed E-state index contributed by atoms with van der Waals surface area (Å²) in [7, 11) is 0. The number of unbranched alkanes of at least 4 members (excludes halogenated alkanes) is 1. The van der Waals surface area contributed by atoms with E-state index in [2.05, 4.69) is 12.3 Å². The average molecular weight is 188 g/mol. The van der Waals surface area contributed by atoms with Crippen molar-refractivity contribution in [2.24, 2.45) is 5.84 Å². The first kappa shape index (κ1) is 10.9. The van der Waals surface area contributed by atoms with Crippen molar-refractivity contribution in [3.8, 4) is 0 Å². The summed E-state index contributed by atoms with van der Waals surface area (Å²) in [4.78, 5) is 0. The molecule has 0 aromatic heterocycles. The van der Waals surface area contributed by atoms with Gasteiger partial charge in [0.15, 0.2) is 0 Å². The van der Waals surface area contributed by atoms with Crippen molar-refractivity contribution in [2.75, 3.05) is 19.8 Å². The molecule has 1 fully saturated rings. The number of hydrogen-bond acceptors (Lipinski definition) is 4. The van der Waals surface area contributed by atoms with Crippen molar-refractivity contribution in [3.05, 3.63) is 0 Å². The van der Waals surface area contributed by atoms with Crippen molar-refractivity contribution in [2.45, 2.75) is 38.3 Å². The molecule has 13 heavy (non-hydrogen) atoms. The molecule has 78 valence electrons. The van der Waals surface area contributed by atoms with E-state index in [9.17, 15) is 0 Å². The summed E-state index contributed by atoms with van der Waals surface area (Å²) in [5, 5.41) is 0. The zero-order valence-electron chi connectivity index (χ0n) is 8.29. The Labute approximate surface area is 79.7 Å². The molecule has 0 aliphatic carbocycles. The van der Waals surface area contributed by atoms with Crippen LogP contribution in [0.15, 0.2) is 0 Å². The summed E-state index contributed by atoms with van der Waals surface area (Å²) in [6.07, 6.45) is 3.55. The van der Waals surface area contributed by atoms with Gasteiger partial charge in [-0.15, -0.1) is 0 Å². The zero-order valence-corrected chi connectivity index (χ0v) is 8.29. The van der Waals surface area contributed by atoms with Gasteiger partial charge in [-0.05, 0) is 6.42 Å². The smallest absolute Gasteiger partial charge is 0.0975 e. The lowest BCUT2D eigenvalue weighted by molar-refractivity contribution is -0.102. The van der Waals surface area contributed by atoms with Crippen LogP contribution in [0.4, 0.5) is 0 Å². The highest BCUT2D eigenvalue weighted by atomic mass is 16.6. The quantitative estimate of drug-likeness (QED) is 0.485. The van der Waals surface area contributed by atoms with E-state index < -0.39 is 0 Å². The van der Waals surface area contributed by atoms with Gasteiger partial charge in [0.2, 0.25) is 0 Å². The fourth-order valence-electron chi connectivity index (χ4n) is 1.54. The van der Waals surface area contributed by atoms with Crippen LogP contribution in [0.1, 0.15) is 26.2 Å². The molecule has 1 aliphatic rings. The van der Waals surface area contributed by atoms with E-state index in [-0.39, 0.29) is 12.1 Å². The molecule has 0 aromatic carbocycles. The van der Waals surface area contributed by atoms with Gasteiger partial charge in [0.05, 0.1) is 25.9 Å². The van der Waals surface area contributed by atoms with E-state index in [4.69, 9.17) is 15.3 Å². The highest BCUT2D eigenvalue weighted by Gasteiger charge is 2.23. The minimum absolute atomic E-state index is 0.130. The maximum absolute atomic E-state index is 5.56. The van der Waals surface area contributed by atoms with Crippen molar-refractivity contribution in [3.63, 3.8) is 0 Å². The average Bonchev–Trinajstić information content (AvgIpc) is 2.21. The minimum atomic E-state index is 0.130. The highest BCUT2D eigenvalue weighted by molar-refractivity contribution is 4.76. The fourth-order valence-corrected chi connectivity index (χ4v) is 1.54. The van der Waals surface area contributed by atoms with Gasteiger partial charge in [0, 0.05) is 6.04 Å². The molecule has 0 saturated carbocycles. The highest BCUT2D eigenvalue weighted by Crippen LogP contribution is 2.10. The molecular formula is C9H20N2O2. The molecule has 4 heteroatoms. The first-order valence-electron chi connectivity index (χ1n) is 5.04. The summed E-state index contributed by atoms with van der Waals surface area (Å²) in [6, 6.07) is 0.236. The lowest BCUT2D eigenvalue weighted by atomic mass is 10.1. The van der Waals surface area contributed by atoms with Crippen LogP contribution in [0.5, 0.6) is 0 Å². The van der Waals surface area contributed by atoms with Crippen molar-refractivity contribution < 1.29 is 9.47 Å². The lowest BCUT2D eigenvalue weighted by Crippen LogP contribution is -2.49. The van der Waals surface area contributed by atoms with Gasteiger partial charge in [0.25, 0.3) is 0 Å². The van der Waals surface area contributed by atoms with Gasteiger partial charge in [-0.3, -0.25) is 11.3 Å². The predicted octanol–water partition coefficient (Wildman–Crippen LogP) is 0.424. The Morgan fingerprint density at radius 1 is 1.54 bits per heavy atom. The number of hydrazine groups is 1. The number of nitrogens with one attached hydrogen (secondary N) is 1. The lowest BCUT2D eigenvalue weighted by Gasteiger charge is -2.29. The Kier molecular flexibility index (Phi) is 5.31. The van der Waals surface area contributed by atoms with E-state index in [1.165, 1.54) is 12.8 Å². The van der Waals surface area contributed by atoms with E-state index in [0.29, 0.717) is 19.8 Å². The summed E-state index contributed by atoms with van der Waals surface area (Å²) in [6.45, 7) is 4.24. The van der Waals surface area contributed by atoms with Crippen LogP contribution in [0, 0.1) is 0 Å². The van der Waals surface area contributed by atoms with Crippen LogP contribution in [0.3, 0.4) is 0 Å². The second-order valence-corrected chi connectivity index (χ2v) is 3.40. The third-order valence-corrected chi connectivity index (χ3v) is 2.37. The number of nitrogens with two attached hydrogens (primary N) is 1. The first-order chi connectivity index (χ1) is 6.38. The molecule has 0 spiro atoms. The Balaban J connectivity index is 2.26. The monoisotopic (exact) mass is 188 g/mol. The van der Waals surface area contributed by atoms with E-state index in [1.807, 2.05) is 0 Å². The molecule has 0 bridgehead atoms. The van der Waals surface area contributed by atoms with E-state index in [0.717, 1.165) is 6.42 Å². The van der Waals surface area contributed by atoms with Gasteiger partial charge in [-0.25, -0.2) is 0 Å². The molecule has 0 radical (unpaired) electrons. The standard InChI is InChI=1S/C9H20N2O2/c1-2-3-4-8(11-10)9-7-12-5-6-13-9/h8-9,11H,2-7,10H2,1H3. The van der Waals surface area contributed by atoms with Gasteiger partial charge in [-0.2, -0.15) is 0 Å². The zero-order chi connectivity index (χ0) is 9.52. The molecule has 1 heterocycles. The summed E-state index contributed by atoms with van der Waals surface area (Å²) < 4.78 is 10.9. The predicted molar refractivity (Wildman–Crippen MR) is 51.2 cm³/mol. The van der Waals surface area contributed by atoms with Crippen LogP contribution in [0.2, 0.25) is 0 Å². The molecule has 2 unspecified atom stereocenters. The SMILES string of the molecule is CCCCC(NN)C1COCCO1. The van der Waals surface area contributed by atoms with E-state index in [1.54, 1.807) is 0 Å². The molecule has 0 amide bonds. The molecule has 1 saturated heterocycles. The minimum Gasteiger partial charge on any atom is -0.376 e. The molecule has 2 atom stereocenters. The Morgan fingerprint density at radius 2 is 2.38 bits per heavy atom.